The normalized spacial score (nSPS) is 19.1. The van der Waals surface area contributed by atoms with E-state index in [1.807, 2.05) is 14.1 Å². The molecule has 1 fully saturated rings. The quantitative estimate of drug-likeness (QED) is 0.667. The first-order valence-electron chi connectivity index (χ1n) is 7.46. The summed E-state index contributed by atoms with van der Waals surface area (Å²) in [6, 6.07) is 0.428. The monoisotopic (exact) mass is 306 g/mol. The Morgan fingerprint density at radius 1 is 1.30 bits per heavy atom. The van der Waals surface area contributed by atoms with Crippen molar-refractivity contribution in [3.05, 3.63) is 0 Å². The molecule has 120 valence electrons. The van der Waals surface area contributed by atoms with E-state index in [-0.39, 0.29) is 0 Å². The molecule has 1 aliphatic heterocycles. The highest BCUT2D eigenvalue weighted by molar-refractivity contribution is 7.87. The predicted octanol–water partition coefficient (Wildman–Crippen LogP) is 0.0924. The van der Waals surface area contributed by atoms with Gasteiger partial charge in [0, 0.05) is 32.2 Å². The first-order chi connectivity index (χ1) is 9.36. The van der Waals surface area contributed by atoms with Crippen molar-refractivity contribution in [1.82, 2.24) is 19.2 Å². The van der Waals surface area contributed by atoms with E-state index < -0.39 is 10.2 Å². The lowest BCUT2D eigenvalue weighted by Crippen LogP contribution is -2.47. The van der Waals surface area contributed by atoms with Crippen LogP contribution < -0.4 is 10.0 Å². The summed E-state index contributed by atoms with van der Waals surface area (Å²) in [4.78, 5) is 2.13. The molecule has 0 saturated carbocycles. The Morgan fingerprint density at radius 3 is 2.40 bits per heavy atom. The van der Waals surface area contributed by atoms with E-state index >= 15 is 0 Å². The van der Waals surface area contributed by atoms with Gasteiger partial charge in [0.25, 0.3) is 10.2 Å². The molecule has 0 radical (unpaired) electrons. The molecule has 2 N–H and O–H groups in total. The zero-order chi connectivity index (χ0) is 15.2. The summed E-state index contributed by atoms with van der Waals surface area (Å²) in [5.74, 6) is 0.596. The SMILES string of the molecule is CNCC1CCN(S(=O)(=O)NCCN(C)C(C)C)CC1. The van der Waals surface area contributed by atoms with Crippen LogP contribution in [-0.4, -0.2) is 70.5 Å². The second kappa shape index (κ2) is 8.29. The van der Waals surface area contributed by atoms with Gasteiger partial charge in [0.2, 0.25) is 0 Å². The minimum absolute atomic E-state index is 0.428. The smallest absolute Gasteiger partial charge is 0.279 e. The molecule has 20 heavy (non-hydrogen) atoms. The van der Waals surface area contributed by atoms with Gasteiger partial charge in [-0.1, -0.05) is 0 Å². The fourth-order valence-electron chi connectivity index (χ4n) is 2.34. The van der Waals surface area contributed by atoms with Gasteiger partial charge in [0.15, 0.2) is 0 Å². The fourth-order valence-corrected chi connectivity index (χ4v) is 3.57. The standard InChI is InChI=1S/C13H30N4O2S/c1-12(2)16(4)10-7-15-20(18,19)17-8-5-13(6-9-17)11-14-3/h12-15H,5-11H2,1-4H3. The molecule has 1 heterocycles. The predicted molar refractivity (Wildman–Crippen MR) is 82.9 cm³/mol. The Bertz CT molecular complexity index is 365. The van der Waals surface area contributed by atoms with Crippen molar-refractivity contribution in [2.24, 2.45) is 5.92 Å². The van der Waals surface area contributed by atoms with Crippen LogP contribution in [0.4, 0.5) is 0 Å². The summed E-state index contributed by atoms with van der Waals surface area (Å²) in [6.07, 6.45) is 1.88. The van der Waals surface area contributed by atoms with E-state index in [2.05, 4.69) is 28.8 Å². The molecule has 0 unspecified atom stereocenters. The van der Waals surface area contributed by atoms with E-state index in [4.69, 9.17) is 0 Å². The van der Waals surface area contributed by atoms with Crippen LogP contribution >= 0.6 is 0 Å². The Labute approximate surface area is 124 Å². The number of hydrogen-bond donors (Lipinski definition) is 2. The molecule has 7 heteroatoms. The van der Waals surface area contributed by atoms with E-state index in [0.717, 1.165) is 25.9 Å². The van der Waals surface area contributed by atoms with E-state index in [9.17, 15) is 8.42 Å². The molecule has 0 spiro atoms. The largest absolute Gasteiger partial charge is 0.319 e. The van der Waals surface area contributed by atoms with Crippen molar-refractivity contribution < 1.29 is 8.42 Å². The molecular formula is C13H30N4O2S. The Morgan fingerprint density at radius 2 is 1.90 bits per heavy atom. The van der Waals surface area contributed by atoms with Crippen LogP contribution in [-0.2, 0) is 10.2 Å². The molecule has 0 aromatic heterocycles. The Kier molecular flexibility index (Phi) is 7.39. The van der Waals surface area contributed by atoms with Crippen molar-refractivity contribution in [3.8, 4) is 0 Å². The fraction of sp³-hybridized carbons (Fsp3) is 1.00. The highest BCUT2D eigenvalue weighted by atomic mass is 32.2. The van der Waals surface area contributed by atoms with Crippen molar-refractivity contribution >= 4 is 10.2 Å². The maximum Gasteiger partial charge on any atom is 0.279 e. The second-order valence-electron chi connectivity index (χ2n) is 5.87. The second-order valence-corrected chi connectivity index (χ2v) is 7.63. The first kappa shape index (κ1) is 17.8. The Balaban J connectivity index is 2.35. The number of nitrogens with zero attached hydrogens (tertiary/aromatic N) is 2. The third kappa shape index (κ3) is 5.65. The van der Waals surface area contributed by atoms with E-state index in [0.29, 0.717) is 31.6 Å². The van der Waals surface area contributed by atoms with Gasteiger partial charge in [-0.2, -0.15) is 12.7 Å². The van der Waals surface area contributed by atoms with E-state index in [1.165, 1.54) is 0 Å². The molecule has 1 rings (SSSR count). The van der Waals surface area contributed by atoms with E-state index in [1.54, 1.807) is 4.31 Å². The highest BCUT2D eigenvalue weighted by Gasteiger charge is 2.27. The van der Waals surface area contributed by atoms with Crippen molar-refractivity contribution in [3.63, 3.8) is 0 Å². The van der Waals surface area contributed by atoms with Gasteiger partial charge < -0.3 is 10.2 Å². The molecule has 0 bridgehead atoms. The molecular weight excluding hydrogens is 276 g/mol. The molecule has 1 aliphatic rings. The average Bonchev–Trinajstić information content (AvgIpc) is 2.39. The molecule has 0 atom stereocenters. The molecule has 6 nitrogen and oxygen atoms in total. The zero-order valence-electron chi connectivity index (χ0n) is 13.2. The molecule has 0 aromatic carbocycles. The van der Waals surface area contributed by atoms with Crippen LogP contribution in [0.5, 0.6) is 0 Å². The number of hydrogen-bond acceptors (Lipinski definition) is 4. The van der Waals surface area contributed by atoms with Crippen molar-refractivity contribution in [2.75, 3.05) is 46.8 Å². The highest BCUT2D eigenvalue weighted by Crippen LogP contribution is 2.18. The summed E-state index contributed by atoms with van der Waals surface area (Å²) in [5.41, 5.74) is 0. The lowest BCUT2D eigenvalue weighted by molar-refractivity contribution is 0.262. The number of nitrogens with one attached hydrogen (secondary N) is 2. The van der Waals surface area contributed by atoms with Crippen LogP contribution in [0.1, 0.15) is 26.7 Å². The first-order valence-corrected chi connectivity index (χ1v) is 8.90. The Hall–Kier alpha value is -0.210. The summed E-state index contributed by atoms with van der Waals surface area (Å²) in [5, 5.41) is 3.16. The van der Waals surface area contributed by atoms with Crippen LogP contribution in [0.3, 0.4) is 0 Å². The average molecular weight is 306 g/mol. The molecule has 0 aromatic rings. The third-order valence-electron chi connectivity index (χ3n) is 4.04. The summed E-state index contributed by atoms with van der Waals surface area (Å²) < 4.78 is 28.6. The topological polar surface area (TPSA) is 64.7 Å². The van der Waals surface area contributed by atoms with Gasteiger partial charge in [-0.3, -0.25) is 0 Å². The van der Waals surface area contributed by atoms with Gasteiger partial charge in [0.1, 0.15) is 0 Å². The molecule has 0 amide bonds. The van der Waals surface area contributed by atoms with Crippen LogP contribution in [0.2, 0.25) is 0 Å². The number of rotatable bonds is 8. The molecule has 0 aliphatic carbocycles. The minimum atomic E-state index is -3.31. The lowest BCUT2D eigenvalue weighted by Gasteiger charge is -2.31. The molecule has 1 saturated heterocycles. The van der Waals surface area contributed by atoms with Crippen LogP contribution in [0, 0.1) is 5.92 Å². The van der Waals surface area contributed by atoms with Gasteiger partial charge >= 0.3 is 0 Å². The van der Waals surface area contributed by atoms with Crippen LogP contribution in [0.25, 0.3) is 0 Å². The maximum atomic E-state index is 12.2. The zero-order valence-corrected chi connectivity index (χ0v) is 14.0. The number of piperidine rings is 1. The lowest BCUT2D eigenvalue weighted by atomic mass is 9.98. The summed E-state index contributed by atoms with van der Waals surface area (Å²) in [6.45, 7) is 7.62. The number of likely N-dealkylation sites (N-methyl/N-ethyl adjacent to an activating group) is 1. The minimum Gasteiger partial charge on any atom is -0.319 e. The van der Waals surface area contributed by atoms with Crippen LogP contribution in [0.15, 0.2) is 0 Å². The third-order valence-corrected chi connectivity index (χ3v) is 5.65. The summed E-state index contributed by atoms with van der Waals surface area (Å²) >= 11 is 0. The maximum absolute atomic E-state index is 12.2. The van der Waals surface area contributed by atoms with Gasteiger partial charge in [-0.05, 0) is 53.2 Å². The van der Waals surface area contributed by atoms with Crippen molar-refractivity contribution in [1.29, 1.82) is 0 Å². The van der Waals surface area contributed by atoms with Gasteiger partial charge in [-0.15, -0.1) is 0 Å². The summed E-state index contributed by atoms with van der Waals surface area (Å²) in [7, 11) is 0.636. The van der Waals surface area contributed by atoms with Gasteiger partial charge in [0.05, 0.1) is 0 Å². The van der Waals surface area contributed by atoms with Gasteiger partial charge in [-0.25, -0.2) is 4.72 Å². The van der Waals surface area contributed by atoms with Crippen molar-refractivity contribution in [2.45, 2.75) is 32.7 Å².